The fourth-order valence-corrected chi connectivity index (χ4v) is 3.17. The molecule has 3 aromatic rings. The zero-order chi connectivity index (χ0) is 17.9. The second-order valence-corrected chi connectivity index (χ2v) is 6.36. The van der Waals surface area contributed by atoms with Gasteiger partial charge in [-0.1, -0.05) is 5.16 Å². The lowest BCUT2D eigenvalue weighted by molar-refractivity contribution is 0.275. The summed E-state index contributed by atoms with van der Waals surface area (Å²) in [5, 5.41) is 7.22. The molecular weight excluding hydrogens is 334 g/mol. The van der Waals surface area contributed by atoms with Gasteiger partial charge in [0.15, 0.2) is 11.7 Å². The van der Waals surface area contributed by atoms with Gasteiger partial charge >= 0.3 is 0 Å². The lowest BCUT2D eigenvalue weighted by Crippen LogP contribution is -2.26. The fourth-order valence-electron chi connectivity index (χ4n) is 3.17. The molecule has 4 heterocycles. The van der Waals surface area contributed by atoms with Gasteiger partial charge in [0.05, 0.1) is 17.9 Å². The molecule has 0 aliphatic carbocycles. The molecule has 9 nitrogen and oxygen atoms in total. The van der Waals surface area contributed by atoms with Crippen molar-refractivity contribution >= 4 is 5.82 Å². The van der Waals surface area contributed by atoms with E-state index in [9.17, 15) is 0 Å². The van der Waals surface area contributed by atoms with Gasteiger partial charge in [-0.3, -0.25) is 4.90 Å². The van der Waals surface area contributed by atoms with Crippen molar-refractivity contribution < 1.29 is 8.94 Å². The number of hydrogen-bond donors (Lipinski definition) is 1. The Morgan fingerprint density at radius 1 is 1.12 bits per heavy atom. The third-order valence-corrected chi connectivity index (χ3v) is 4.41. The molecule has 0 radical (unpaired) electrons. The first-order valence-corrected chi connectivity index (χ1v) is 8.66. The molecule has 1 aliphatic heterocycles. The Morgan fingerprint density at radius 3 is 2.77 bits per heavy atom. The molecule has 4 rings (SSSR count). The zero-order valence-corrected chi connectivity index (χ0v) is 14.9. The average molecular weight is 355 g/mol. The SMILES string of the molecule is Cc1nc(CN2CCc3ncnc(NCc4noc(C)n4)c3CC2)co1. The van der Waals surface area contributed by atoms with Crippen molar-refractivity contribution in [2.45, 2.75) is 39.8 Å². The van der Waals surface area contributed by atoms with Crippen LogP contribution in [0.3, 0.4) is 0 Å². The molecule has 0 fully saturated rings. The number of nitrogens with one attached hydrogen (secondary N) is 1. The van der Waals surface area contributed by atoms with Crippen LogP contribution in [0.5, 0.6) is 0 Å². The maximum atomic E-state index is 5.30. The molecule has 1 aliphatic rings. The van der Waals surface area contributed by atoms with Crippen molar-refractivity contribution in [3.63, 3.8) is 0 Å². The van der Waals surface area contributed by atoms with Gasteiger partial charge in [-0.05, 0) is 6.42 Å². The Bertz CT molecular complexity index is 889. The van der Waals surface area contributed by atoms with Crippen molar-refractivity contribution in [1.29, 1.82) is 0 Å². The molecule has 0 spiro atoms. The standard InChI is InChI=1S/C17H21N7O2/c1-11-21-13(9-25-11)8-24-5-3-14-15(4-6-24)19-10-20-17(14)18-7-16-22-12(2)26-23-16/h9-10H,3-8H2,1-2H3,(H,18,19,20). The van der Waals surface area contributed by atoms with Crippen molar-refractivity contribution in [3.05, 3.63) is 47.1 Å². The summed E-state index contributed by atoms with van der Waals surface area (Å²) in [5.41, 5.74) is 3.21. The highest BCUT2D eigenvalue weighted by Gasteiger charge is 2.19. The van der Waals surface area contributed by atoms with Gasteiger partial charge in [0.1, 0.15) is 18.4 Å². The van der Waals surface area contributed by atoms with E-state index in [4.69, 9.17) is 8.94 Å². The minimum Gasteiger partial charge on any atom is -0.449 e. The van der Waals surface area contributed by atoms with Gasteiger partial charge < -0.3 is 14.3 Å². The summed E-state index contributed by atoms with van der Waals surface area (Å²) in [4.78, 5) is 19.9. The molecule has 3 aromatic heterocycles. The summed E-state index contributed by atoms with van der Waals surface area (Å²) in [7, 11) is 0. The Kier molecular flexibility index (Phi) is 4.61. The normalized spacial score (nSPS) is 14.8. The smallest absolute Gasteiger partial charge is 0.223 e. The van der Waals surface area contributed by atoms with Crippen LogP contribution in [0.15, 0.2) is 21.5 Å². The maximum absolute atomic E-state index is 5.30. The minimum absolute atomic E-state index is 0.475. The summed E-state index contributed by atoms with van der Waals surface area (Å²) >= 11 is 0. The maximum Gasteiger partial charge on any atom is 0.223 e. The van der Waals surface area contributed by atoms with Crippen LogP contribution in [0.2, 0.25) is 0 Å². The van der Waals surface area contributed by atoms with E-state index >= 15 is 0 Å². The van der Waals surface area contributed by atoms with Crippen molar-refractivity contribution in [3.8, 4) is 0 Å². The van der Waals surface area contributed by atoms with E-state index < -0.39 is 0 Å². The summed E-state index contributed by atoms with van der Waals surface area (Å²) in [6.45, 7) is 6.74. The Labute approximate surface area is 150 Å². The highest BCUT2D eigenvalue weighted by atomic mass is 16.5. The topological polar surface area (TPSA) is 106 Å². The number of nitrogens with zero attached hydrogens (tertiary/aromatic N) is 6. The Balaban J connectivity index is 1.44. The molecule has 9 heteroatoms. The van der Waals surface area contributed by atoms with Crippen LogP contribution in [0.4, 0.5) is 5.82 Å². The van der Waals surface area contributed by atoms with Gasteiger partial charge in [-0.25, -0.2) is 15.0 Å². The predicted molar refractivity (Wildman–Crippen MR) is 92.3 cm³/mol. The molecule has 0 atom stereocenters. The molecule has 0 unspecified atom stereocenters. The molecule has 136 valence electrons. The lowest BCUT2D eigenvalue weighted by atomic mass is 10.1. The van der Waals surface area contributed by atoms with Crippen LogP contribution < -0.4 is 5.32 Å². The van der Waals surface area contributed by atoms with Gasteiger partial charge in [-0.15, -0.1) is 0 Å². The van der Waals surface area contributed by atoms with E-state index in [2.05, 4.69) is 35.3 Å². The second-order valence-electron chi connectivity index (χ2n) is 6.36. The fraction of sp³-hybridized carbons (Fsp3) is 0.471. The summed E-state index contributed by atoms with van der Waals surface area (Å²) in [5.74, 6) is 2.72. The number of fused-ring (bicyclic) bond motifs is 1. The Hall–Kier alpha value is -2.81. The molecule has 0 saturated heterocycles. The van der Waals surface area contributed by atoms with Gasteiger partial charge in [0, 0.05) is 45.5 Å². The summed E-state index contributed by atoms with van der Waals surface area (Å²) in [6, 6.07) is 0. The number of anilines is 1. The molecule has 0 amide bonds. The van der Waals surface area contributed by atoms with E-state index in [0.29, 0.717) is 24.2 Å². The van der Waals surface area contributed by atoms with Crippen LogP contribution in [0.25, 0.3) is 0 Å². The first kappa shape index (κ1) is 16.6. The highest BCUT2D eigenvalue weighted by Crippen LogP contribution is 2.21. The molecule has 1 N–H and O–H groups in total. The molecule has 0 aromatic carbocycles. The predicted octanol–water partition coefficient (Wildman–Crippen LogP) is 1.68. The number of aromatic nitrogens is 5. The molecule has 0 saturated carbocycles. The van der Waals surface area contributed by atoms with E-state index in [1.54, 1.807) is 19.5 Å². The van der Waals surface area contributed by atoms with Crippen molar-refractivity contribution in [2.75, 3.05) is 18.4 Å². The molecule has 26 heavy (non-hydrogen) atoms. The number of hydrogen-bond acceptors (Lipinski definition) is 9. The van der Waals surface area contributed by atoms with Crippen LogP contribution in [-0.2, 0) is 25.9 Å². The van der Waals surface area contributed by atoms with E-state index in [0.717, 1.165) is 55.2 Å². The molecular formula is C17H21N7O2. The highest BCUT2D eigenvalue weighted by molar-refractivity contribution is 5.46. The molecule has 0 bridgehead atoms. The third-order valence-electron chi connectivity index (χ3n) is 4.41. The minimum atomic E-state index is 0.475. The van der Waals surface area contributed by atoms with Crippen LogP contribution >= 0.6 is 0 Å². The van der Waals surface area contributed by atoms with E-state index in [1.807, 2.05) is 6.92 Å². The van der Waals surface area contributed by atoms with Crippen LogP contribution in [-0.4, -0.2) is 43.1 Å². The summed E-state index contributed by atoms with van der Waals surface area (Å²) < 4.78 is 10.3. The van der Waals surface area contributed by atoms with Crippen LogP contribution in [0, 0.1) is 13.8 Å². The van der Waals surface area contributed by atoms with E-state index in [-0.39, 0.29) is 0 Å². The summed E-state index contributed by atoms with van der Waals surface area (Å²) in [6.07, 6.45) is 5.09. The van der Waals surface area contributed by atoms with Crippen LogP contribution in [0.1, 0.15) is 34.6 Å². The third kappa shape index (κ3) is 3.72. The zero-order valence-electron chi connectivity index (χ0n) is 14.9. The number of oxazole rings is 1. The number of rotatable bonds is 5. The largest absolute Gasteiger partial charge is 0.449 e. The second kappa shape index (κ2) is 7.20. The first-order chi connectivity index (χ1) is 12.7. The van der Waals surface area contributed by atoms with Gasteiger partial charge in [0.25, 0.3) is 0 Å². The Morgan fingerprint density at radius 2 is 2.00 bits per heavy atom. The van der Waals surface area contributed by atoms with E-state index in [1.165, 1.54) is 0 Å². The monoisotopic (exact) mass is 355 g/mol. The quantitative estimate of drug-likeness (QED) is 0.731. The van der Waals surface area contributed by atoms with Crippen molar-refractivity contribution in [2.24, 2.45) is 0 Å². The van der Waals surface area contributed by atoms with Crippen molar-refractivity contribution in [1.82, 2.24) is 30.0 Å². The van der Waals surface area contributed by atoms with Gasteiger partial charge in [0.2, 0.25) is 5.89 Å². The van der Waals surface area contributed by atoms with Gasteiger partial charge in [-0.2, -0.15) is 4.98 Å². The lowest BCUT2D eigenvalue weighted by Gasteiger charge is -2.17. The number of aryl methyl sites for hydroxylation is 2. The average Bonchev–Trinajstić information content (AvgIpc) is 3.17. The first-order valence-electron chi connectivity index (χ1n) is 8.66.